The molecule has 2 nitrogen and oxygen atoms in total. The van der Waals surface area contributed by atoms with Gasteiger partial charge >= 0.3 is 0 Å². The molecule has 0 aromatic heterocycles. The van der Waals surface area contributed by atoms with Gasteiger partial charge in [-0.1, -0.05) is 23.7 Å². The lowest BCUT2D eigenvalue weighted by molar-refractivity contribution is 0.308. The van der Waals surface area contributed by atoms with E-state index in [4.69, 9.17) is 11.6 Å². The molecule has 2 atom stereocenters. The van der Waals surface area contributed by atoms with E-state index in [0.717, 1.165) is 25.6 Å². The first-order valence-electron chi connectivity index (χ1n) is 6.62. The monoisotopic (exact) mass is 268 g/mol. The fourth-order valence-electron chi connectivity index (χ4n) is 3.18. The van der Waals surface area contributed by atoms with Crippen LogP contribution in [0, 0.1) is 11.7 Å². The van der Waals surface area contributed by atoms with Crippen LogP contribution >= 0.6 is 11.6 Å². The van der Waals surface area contributed by atoms with Crippen molar-refractivity contribution in [3.8, 4) is 0 Å². The van der Waals surface area contributed by atoms with Gasteiger partial charge in [-0.3, -0.25) is 4.90 Å². The molecule has 0 spiro atoms. The minimum absolute atomic E-state index is 0.224. The maximum atomic E-state index is 13.9. The van der Waals surface area contributed by atoms with E-state index in [2.05, 4.69) is 10.2 Å². The summed E-state index contributed by atoms with van der Waals surface area (Å²) >= 11 is 5.82. The standard InChI is InChI=1S/C14H18ClFN2/c15-12-5-1-3-11(14(12)16)8-18-7-10-4-2-6-17-13(10)9-18/h1,3,5,10,13,17H,2,4,6-9H2/t10-,13+/m0/s1. The summed E-state index contributed by atoms with van der Waals surface area (Å²) in [5.41, 5.74) is 0.709. The molecule has 0 amide bonds. The first-order valence-corrected chi connectivity index (χ1v) is 7.00. The Labute approximate surface area is 112 Å². The smallest absolute Gasteiger partial charge is 0.146 e. The number of likely N-dealkylation sites (tertiary alicyclic amines) is 1. The topological polar surface area (TPSA) is 15.3 Å². The Balaban J connectivity index is 1.68. The second kappa shape index (κ2) is 5.16. The highest BCUT2D eigenvalue weighted by atomic mass is 35.5. The van der Waals surface area contributed by atoms with Crippen LogP contribution in [0.1, 0.15) is 18.4 Å². The molecule has 0 saturated carbocycles. The van der Waals surface area contributed by atoms with Gasteiger partial charge in [0.1, 0.15) is 5.82 Å². The van der Waals surface area contributed by atoms with E-state index in [9.17, 15) is 4.39 Å². The van der Waals surface area contributed by atoms with Crippen LogP contribution in [0.4, 0.5) is 4.39 Å². The first kappa shape index (κ1) is 12.4. The van der Waals surface area contributed by atoms with Gasteiger partial charge in [-0.05, 0) is 31.4 Å². The van der Waals surface area contributed by atoms with Crippen molar-refractivity contribution in [2.75, 3.05) is 19.6 Å². The quantitative estimate of drug-likeness (QED) is 0.887. The summed E-state index contributed by atoms with van der Waals surface area (Å²) in [6.07, 6.45) is 2.56. The molecule has 3 rings (SSSR count). The number of halogens is 2. The molecule has 2 heterocycles. The van der Waals surface area contributed by atoms with Crippen LogP contribution in [-0.4, -0.2) is 30.6 Å². The van der Waals surface area contributed by atoms with Gasteiger partial charge in [0.05, 0.1) is 5.02 Å². The largest absolute Gasteiger partial charge is 0.312 e. The Morgan fingerprint density at radius 1 is 1.39 bits per heavy atom. The number of fused-ring (bicyclic) bond motifs is 1. The fourth-order valence-corrected chi connectivity index (χ4v) is 3.37. The number of hydrogen-bond acceptors (Lipinski definition) is 2. The summed E-state index contributed by atoms with van der Waals surface area (Å²) in [6.45, 7) is 3.89. The van der Waals surface area contributed by atoms with E-state index in [1.807, 2.05) is 12.1 Å². The molecule has 2 aliphatic heterocycles. The molecule has 2 fully saturated rings. The highest BCUT2D eigenvalue weighted by Crippen LogP contribution is 2.27. The Bertz CT molecular complexity index is 424. The number of rotatable bonds is 2. The lowest BCUT2D eigenvalue weighted by atomic mass is 9.94. The van der Waals surface area contributed by atoms with Crippen LogP contribution in [0.5, 0.6) is 0 Å². The maximum Gasteiger partial charge on any atom is 0.146 e. The highest BCUT2D eigenvalue weighted by molar-refractivity contribution is 6.30. The fraction of sp³-hybridized carbons (Fsp3) is 0.571. The number of nitrogens with one attached hydrogen (secondary N) is 1. The zero-order valence-electron chi connectivity index (χ0n) is 10.3. The third-order valence-electron chi connectivity index (χ3n) is 4.10. The maximum absolute atomic E-state index is 13.9. The molecule has 1 aromatic rings. The minimum Gasteiger partial charge on any atom is -0.312 e. The summed E-state index contributed by atoms with van der Waals surface area (Å²) in [4.78, 5) is 2.34. The third-order valence-corrected chi connectivity index (χ3v) is 4.39. The molecule has 0 bridgehead atoms. The molecule has 1 N–H and O–H groups in total. The van der Waals surface area contributed by atoms with Crippen LogP contribution in [0.15, 0.2) is 18.2 Å². The number of benzene rings is 1. The normalized spacial score (nSPS) is 28.3. The molecule has 2 saturated heterocycles. The lowest BCUT2D eigenvalue weighted by Crippen LogP contribution is -2.40. The summed E-state index contributed by atoms with van der Waals surface area (Å²) in [7, 11) is 0. The average Bonchev–Trinajstić information content (AvgIpc) is 2.77. The van der Waals surface area contributed by atoms with Gasteiger partial charge in [0.15, 0.2) is 0 Å². The third kappa shape index (κ3) is 2.40. The Morgan fingerprint density at radius 2 is 2.28 bits per heavy atom. The van der Waals surface area contributed by atoms with E-state index in [0.29, 0.717) is 18.2 Å². The first-order chi connectivity index (χ1) is 8.74. The van der Waals surface area contributed by atoms with E-state index >= 15 is 0 Å². The van der Waals surface area contributed by atoms with Crippen molar-refractivity contribution >= 4 is 11.6 Å². The van der Waals surface area contributed by atoms with E-state index in [1.54, 1.807) is 6.07 Å². The Hall–Kier alpha value is -0.640. The number of piperidine rings is 1. The van der Waals surface area contributed by atoms with Gasteiger partial charge in [-0.25, -0.2) is 4.39 Å². The van der Waals surface area contributed by atoms with Crippen LogP contribution in [0.2, 0.25) is 5.02 Å². The van der Waals surface area contributed by atoms with Crippen molar-refractivity contribution in [1.82, 2.24) is 10.2 Å². The van der Waals surface area contributed by atoms with Gasteiger partial charge in [0.2, 0.25) is 0 Å². The lowest BCUT2D eigenvalue weighted by Gasteiger charge is -2.24. The van der Waals surface area contributed by atoms with E-state index < -0.39 is 0 Å². The highest BCUT2D eigenvalue weighted by Gasteiger charge is 2.34. The SMILES string of the molecule is Fc1c(Cl)cccc1CN1C[C@@H]2CCCN[C@@H]2C1. The molecule has 0 aliphatic carbocycles. The van der Waals surface area contributed by atoms with Crippen molar-refractivity contribution in [3.05, 3.63) is 34.6 Å². The molecule has 98 valence electrons. The number of hydrogen-bond donors (Lipinski definition) is 1. The molecule has 0 unspecified atom stereocenters. The minimum atomic E-state index is -0.262. The zero-order valence-corrected chi connectivity index (χ0v) is 11.1. The van der Waals surface area contributed by atoms with Crippen molar-refractivity contribution in [1.29, 1.82) is 0 Å². The summed E-state index contributed by atoms with van der Waals surface area (Å²) in [5.74, 6) is 0.475. The number of nitrogens with zero attached hydrogens (tertiary/aromatic N) is 1. The molecular formula is C14H18ClFN2. The summed E-state index contributed by atoms with van der Waals surface area (Å²) in [5, 5.41) is 3.79. The van der Waals surface area contributed by atoms with Gasteiger partial charge in [0.25, 0.3) is 0 Å². The van der Waals surface area contributed by atoms with Crippen LogP contribution < -0.4 is 5.32 Å². The predicted molar refractivity (Wildman–Crippen MR) is 71.2 cm³/mol. The van der Waals surface area contributed by atoms with Gasteiger partial charge in [-0.2, -0.15) is 0 Å². The van der Waals surface area contributed by atoms with Crippen molar-refractivity contribution in [2.45, 2.75) is 25.4 Å². The van der Waals surface area contributed by atoms with Crippen molar-refractivity contribution in [2.24, 2.45) is 5.92 Å². The summed E-state index contributed by atoms with van der Waals surface area (Å²) in [6, 6.07) is 5.85. The van der Waals surface area contributed by atoms with Gasteiger partial charge in [-0.15, -0.1) is 0 Å². The molecule has 18 heavy (non-hydrogen) atoms. The van der Waals surface area contributed by atoms with Crippen LogP contribution in [0.3, 0.4) is 0 Å². The Morgan fingerprint density at radius 3 is 3.11 bits per heavy atom. The van der Waals surface area contributed by atoms with Gasteiger partial charge in [0, 0.05) is 31.2 Å². The van der Waals surface area contributed by atoms with Crippen molar-refractivity contribution < 1.29 is 4.39 Å². The van der Waals surface area contributed by atoms with E-state index in [1.165, 1.54) is 12.8 Å². The van der Waals surface area contributed by atoms with E-state index in [-0.39, 0.29) is 10.8 Å². The second-order valence-electron chi connectivity index (χ2n) is 5.37. The Kier molecular flexibility index (Phi) is 3.55. The second-order valence-corrected chi connectivity index (χ2v) is 5.78. The van der Waals surface area contributed by atoms with Crippen molar-refractivity contribution in [3.63, 3.8) is 0 Å². The van der Waals surface area contributed by atoms with Gasteiger partial charge < -0.3 is 5.32 Å². The molecule has 1 aromatic carbocycles. The predicted octanol–water partition coefficient (Wildman–Crippen LogP) is 2.66. The summed E-state index contributed by atoms with van der Waals surface area (Å²) < 4.78 is 13.9. The van der Waals surface area contributed by atoms with Crippen LogP contribution in [0.25, 0.3) is 0 Å². The zero-order chi connectivity index (χ0) is 12.5. The molecule has 0 radical (unpaired) electrons. The molecular weight excluding hydrogens is 251 g/mol. The molecule has 4 heteroatoms. The van der Waals surface area contributed by atoms with Crippen LogP contribution in [-0.2, 0) is 6.54 Å². The average molecular weight is 269 g/mol. The molecule has 2 aliphatic rings.